The maximum Gasteiger partial charge on any atom is 0.126 e. The molecule has 2 rings (SSSR count). The van der Waals surface area contributed by atoms with Gasteiger partial charge >= 0.3 is 0 Å². The van der Waals surface area contributed by atoms with E-state index >= 15 is 0 Å². The van der Waals surface area contributed by atoms with Crippen LogP contribution in [0.1, 0.15) is 19.3 Å². The summed E-state index contributed by atoms with van der Waals surface area (Å²) in [5, 5.41) is 13.1. The standard InChI is InChI=1S/C11H13ClFNO/c12-7-4-8(13)6-9(5-7)14-10-2-1-3-11(10)15/h4-6,10-11,14-15H,1-3H2/t10-,11-/m1/s1. The largest absolute Gasteiger partial charge is 0.391 e. The van der Waals surface area contributed by atoms with Crippen LogP contribution in [-0.2, 0) is 0 Å². The summed E-state index contributed by atoms with van der Waals surface area (Å²) in [7, 11) is 0. The summed E-state index contributed by atoms with van der Waals surface area (Å²) in [4.78, 5) is 0. The van der Waals surface area contributed by atoms with Crippen LogP contribution in [0.5, 0.6) is 0 Å². The molecule has 0 aromatic heterocycles. The van der Waals surface area contributed by atoms with Gasteiger partial charge in [0, 0.05) is 10.7 Å². The van der Waals surface area contributed by atoms with Crippen molar-refractivity contribution in [3.8, 4) is 0 Å². The lowest BCUT2D eigenvalue weighted by atomic mass is 10.2. The minimum Gasteiger partial charge on any atom is -0.391 e. The Morgan fingerprint density at radius 1 is 1.33 bits per heavy atom. The maximum absolute atomic E-state index is 13.0. The fourth-order valence-electron chi connectivity index (χ4n) is 1.96. The first-order valence-corrected chi connectivity index (χ1v) is 5.43. The lowest BCUT2D eigenvalue weighted by molar-refractivity contribution is 0.172. The van der Waals surface area contributed by atoms with Gasteiger partial charge in [-0.25, -0.2) is 4.39 Å². The molecule has 15 heavy (non-hydrogen) atoms. The van der Waals surface area contributed by atoms with Crippen molar-refractivity contribution in [3.63, 3.8) is 0 Å². The number of aliphatic hydroxyl groups excluding tert-OH is 1. The predicted molar refractivity (Wildman–Crippen MR) is 58.7 cm³/mol. The smallest absolute Gasteiger partial charge is 0.126 e. The molecule has 82 valence electrons. The van der Waals surface area contributed by atoms with Gasteiger partial charge in [-0.3, -0.25) is 0 Å². The monoisotopic (exact) mass is 229 g/mol. The molecule has 2 atom stereocenters. The second-order valence-corrected chi connectivity index (χ2v) is 4.34. The Kier molecular flexibility index (Phi) is 3.12. The number of halogens is 2. The van der Waals surface area contributed by atoms with E-state index in [0.29, 0.717) is 10.7 Å². The van der Waals surface area contributed by atoms with Crippen LogP contribution in [0, 0.1) is 5.82 Å². The van der Waals surface area contributed by atoms with Crippen molar-refractivity contribution in [2.75, 3.05) is 5.32 Å². The molecule has 1 aromatic carbocycles. The zero-order valence-corrected chi connectivity index (χ0v) is 8.97. The molecule has 1 aromatic rings. The minimum absolute atomic E-state index is 0.0165. The van der Waals surface area contributed by atoms with Crippen molar-refractivity contribution < 1.29 is 9.50 Å². The van der Waals surface area contributed by atoms with E-state index in [1.807, 2.05) is 0 Å². The van der Waals surface area contributed by atoms with Crippen LogP contribution in [0.3, 0.4) is 0 Å². The molecule has 2 nitrogen and oxygen atoms in total. The van der Waals surface area contributed by atoms with Gasteiger partial charge in [0.05, 0.1) is 12.1 Å². The zero-order chi connectivity index (χ0) is 10.8. The van der Waals surface area contributed by atoms with Crippen molar-refractivity contribution in [2.45, 2.75) is 31.4 Å². The van der Waals surface area contributed by atoms with Crippen molar-refractivity contribution in [1.29, 1.82) is 0 Å². The van der Waals surface area contributed by atoms with Gasteiger partial charge < -0.3 is 10.4 Å². The Morgan fingerprint density at radius 2 is 2.13 bits per heavy atom. The highest BCUT2D eigenvalue weighted by Crippen LogP contribution is 2.25. The second kappa shape index (κ2) is 4.37. The van der Waals surface area contributed by atoms with Crippen molar-refractivity contribution >= 4 is 17.3 Å². The fraction of sp³-hybridized carbons (Fsp3) is 0.455. The number of nitrogens with one attached hydrogen (secondary N) is 1. The second-order valence-electron chi connectivity index (χ2n) is 3.91. The van der Waals surface area contributed by atoms with E-state index in [1.165, 1.54) is 12.1 Å². The summed E-state index contributed by atoms with van der Waals surface area (Å²) >= 11 is 5.73. The first-order chi connectivity index (χ1) is 7.15. The van der Waals surface area contributed by atoms with Gasteiger partial charge in [-0.15, -0.1) is 0 Å². The van der Waals surface area contributed by atoms with Crippen LogP contribution < -0.4 is 5.32 Å². The summed E-state index contributed by atoms with van der Waals surface area (Å²) in [5.41, 5.74) is 0.631. The maximum atomic E-state index is 13.0. The third-order valence-electron chi connectivity index (χ3n) is 2.69. The Balaban J connectivity index is 2.10. The molecule has 0 unspecified atom stereocenters. The van der Waals surface area contributed by atoms with Crippen LogP contribution in [0.25, 0.3) is 0 Å². The molecule has 1 aliphatic rings. The molecule has 2 N–H and O–H groups in total. The van der Waals surface area contributed by atoms with E-state index < -0.39 is 0 Å². The molecule has 0 spiro atoms. The van der Waals surface area contributed by atoms with Crippen molar-refractivity contribution in [3.05, 3.63) is 29.0 Å². The zero-order valence-electron chi connectivity index (χ0n) is 8.21. The lowest BCUT2D eigenvalue weighted by Gasteiger charge is -2.17. The molecule has 1 fully saturated rings. The fourth-order valence-corrected chi connectivity index (χ4v) is 2.18. The van der Waals surface area contributed by atoms with Gasteiger partial charge in [0.25, 0.3) is 0 Å². The van der Waals surface area contributed by atoms with Gasteiger partial charge in [-0.2, -0.15) is 0 Å². The third kappa shape index (κ3) is 2.61. The SMILES string of the molecule is O[C@@H]1CCC[C@H]1Nc1cc(F)cc(Cl)c1. The molecule has 0 aliphatic heterocycles. The molecule has 0 saturated heterocycles. The van der Waals surface area contributed by atoms with Crippen molar-refractivity contribution in [2.24, 2.45) is 0 Å². The van der Waals surface area contributed by atoms with Gasteiger partial charge in [0.15, 0.2) is 0 Å². The number of rotatable bonds is 2. The van der Waals surface area contributed by atoms with E-state index in [4.69, 9.17) is 11.6 Å². The molecule has 0 amide bonds. The molecule has 0 heterocycles. The van der Waals surface area contributed by atoms with Crippen LogP contribution in [0.4, 0.5) is 10.1 Å². The minimum atomic E-state index is -0.363. The van der Waals surface area contributed by atoms with E-state index in [-0.39, 0.29) is 18.0 Å². The van der Waals surface area contributed by atoms with Gasteiger partial charge in [-0.05, 0) is 37.5 Å². The highest BCUT2D eigenvalue weighted by molar-refractivity contribution is 6.30. The number of anilines is 1. The molecular formula is C11H13ClFNO. The van der Waals surface area contributed by atoms with Gasteiger partial charge in [0.2, 0.25) is 0 Å². The van der Waals surface area contributed by atoms with E-state index in [1.54, 1.807) is 6.07 Å². The predicted octanol–water partition coefficient (Wildman–Crippen LogP) is 2.80. The van der Waals surface area contributed by atoms with Crippen LogP contribution in [0.15, 0.2) is 18.2 Å². The summed E-state index contributed by atoms with van der Waals surface area (Å²) in [6.07, 6.45) is 2.38. The number of hydrogen-bond acceptors (Lipinski definition) is 2. The van der Waals surface area contributed by atoms with Gasteiger partial charge in [-0.1, -0.05) is 11.6 Å². The molecular weight excluding hydrogens is 217 g/mol. The highest BCUT2D eigenvalue weighted by atomic mass is 35.5. The first kappa shape index (κ1) is 10.7. The Bertz CT molecular complexity index is 338. The molecule has 4 heteroatoms. The topological polar surface area (TPSA) is 32.3 Å². The molecule has 0 bridgehead atoms. The van der Waals surface area contributed by atoms with Crippen LogP contribution in [-0.4, -0.2) is 17.3 Å². The molecule has 1 aliphatic carbocycles. The summed E-state index contributed by atoms with van der Waals surface area (Å²) in [5.74, 6) is -0.363. The Hall–Kier alpha value is -0.800. The molecule has 0 radical (unpaired) electrons. The average molecular weight is 230 g/mol. The van der Waals surface area contributed by atoms with E-state index in [0.717, 1.165) is 19.3 Å². The Labute approximate surface area is 93.1 Å². The van der Waals surface area contributed by atoms with Crippen LogP contribution in [0.2, 0.25) is 5.02 Å². The molecule has 1 saturated carbocycles. The van der Waals surface area contributed by atoms with E-state index in [9.17, 15) is 9.50 Å². The normalized spacial score (nSPS) is 25.5. The Morgan fingerprint density at radius 3 is 2.73 bits per heavy atom. The first-order valence-electron chi connectivity index (χ1n) is 5.06. The lowest BCUT2D eigenvalue weighted by Crippen LogP contribution is -2.27. The number of aliphatic hydroxyl groups is 1. The van der Waals surface area contributed by atoms with E-state index in [2.05, 4.69) is 5.32 Å². The number of benzene rings is 1. The summed E-state index contributed by atoms with van der Waals surface area (Å²) in [6.45, 7) is 0. The van der Waals surface area contributed by atoms with Crippen LogP contribution >= 0.6 is 11.6 Å². The van der Waals surface area contributed by atoms with Crippen molar-refractivity contribution in [1.82, 2.24) is 0 Å². The summed E-state index contributed by atoms with van der Waals surface area (Å²) in [6, 6.07) is 4.33. The van der Waals surface area contributed by atoms with Gasteiger partial charge in [0.1, 0.15) is 5.82 Å². The quantitative estimate of drug-likeness (QED) is 0.818. The third-order valence-corrected chi connectivity index (χ3v) is 2.91. The summed E-state index contributed by atoms with van der Waals surface area (Å²) < 4.78 is 13.0. The average Bonchev–Trinajstić information content (AvgIpc) is 2.50. The number of hydrogen-bond donors (Lipinski definition) is 2. The highest BCUT2D eigenvalue weighted by Gasteiger charge is 2.24.